The average Bonchev–Trinajstić information content (AvgIpc) is 2.95. The van der Waals surface area contributed by atoms with Gasteiger partial charge < -0.3 is 5.73 Å². The second-order valence-electron chi connectivity index (χ2n) is 9.13. The number of anilines is 1. The van der Waals surface area contributed by atoms with Crippen molar-refractivity contribution in [2.45, 2.75) is 55.5 Å². The van der Waals surface area contributed by atoms with Crippen LogP contribution in [0.3, 0.4) is 0 Å². The normalized spacial score (nSPS) is 18.9. The number of sulfonamides is 1. The van der Waals surface area contributed by atoms with E-state index < -0.39 is 45.6 Å². The Morgan fingerprint density at radius 3 is 2.00 bits per heavy atom. The highest BCUT2D eigenvalue weighted by Gasteiger charge is 2.39. The van der Waals surface area contributed by atoms with Crippen LogP contribution in [0, 0.1) is 6.92 Å². The van der Waals surface area contributed by atoms with Crippen molar-refractivity contribution in [2.75, 3.05) is 4.31 Å². The minimum atomic E-state index is -5.01. The molecule has 4 nitrogen and oxygen atoms in total. The molecular formula is C26H24F6N2O2S. The van der Waals surface area contributed by atoms with E-state index in [0.717, 1.165) is 9.87 Å². The van der Waals surface area contributed by atoms with E-state index in [4.69, 9.17) is 5.73 Å². The van der Waals surface area contributed by atoms with E-state index in [1.165, 1.54) is 12.1 Å². The SMILES string of the molecule is Cc1ccc(S(=O)(=O)N2c3ccccc3C(N)CCC2Cc2cc(C(F)(F)F)cc(C(F)(F)F)c2)cc1. The van der Waals surface area contributed by atoms with Gasteiger partial charge in [0.15, 0.2) is 0 Å². The topological polar surface area (TPSA) is 63.4 Å². The zero-order valence-electron chi connectivity index (χ0n) is 19.6. The highest BCUT2D eigenvalue weighted by Crippen LogP contribution is 2.41. The van der Waals surface area contributed by atoms with E-state index in [0.29, 0.717) is 17.7 Å². The first-order valence-electron chi connectivity index (χ1n) is 11.4. The monoisotopic (exact) mass is 542 g/mol. The first-order chi connectivity index (χ1) is 17.2. The number of nitrogens with zero attached hydrogens (tertiary/aromatic N) is 1. The Hall–Kier alpha value is -3.05. The van der Waals surface area contributed by atoms with E-state index in [2.05, 4.69) is 0 Å². The van der Waals surface area contributed by atoms with Gasteiger partial charge in [-0.3, -0.25) is 4.31 Å². The molecule has 0 saturated carbocycles. The molecule has 1 aliphatic rings. The zero-order chi connectivity index (χ0) is 27.2. The van der Waals surface area contributed by atoms with Gasteiger partial charge in [-0.15, -0.1) is 0 Å². The van der Waals surface area contributed by atoms with Crippen LogP contribution in [-0.4, -0.2) is 14.5 Å². The predicted octanol–water partition coefficient (Wildman–Crippen LogP) is 6.63. The molecule has 0 saturated heterocycles. The van der Waals surface area contributed by atoms with Crippen LogP contribution in [-0.2, 0) is 28.8 Å². The molecule has 2 atom stereocenters. The summed E-state index contributed by atoms with van der Waals surface area (Å²) in [7, 11) is -4.25. The van der Waals surface area contributed by atoms with E-state index in [1.807, 2.05) is 0 Å². The second kappa shape index (κ2) is 9.68. The Kier molecular flexibility index (Phi) is 7.06. The fourth-order valence-electron chi connectivity index (χ4n) is 4.59. The molecule has 3 aromatic rings. The molecule has 0 aromatic heterocycles. The van der Waals surface area contributed by atoms with Gasteiger partial charge in [0.1, 0.15) is 0 Å². The van der Waals surface area contributed by atoms with Crippen LogP contribution in [0.15, 0.2) is 71.6 Å². The average molecular weight is 543 g/mol. The molecule has 0 spiro atoms. The third-order valence-electron chi connectivity index (χ3n) is 6.41. The quantitative estimate of drug-likeness (QED) is 0.377. The molecule has 0 radical (unpaired) electrons. The van der Waals surface area contributed by atoms with E-state index in [-0.39, 0.29) is 41.5 Å². The third-order valence-corrected chi connectivity index (χ3v) is 8.29. The third kappa shape index (κ3) is 5.62. The number of alkyl halides is 6. The maximum atomic E-state index is 13.9. The van der Waals surface area contributed by atoms with Crippen LogP contribution >= 0.6 is 0 Å². The lowest BCUT2D eigenvalue weighted by atomic mass is 9.96. The lowest BCUT2D eigenvalue weighted by Crippen LogP contribution is -2.41. The molecule has 0 fully saturated rings. The van der Waals surface area contributed by atoms with Gasteiger partial charge in [-0.05, 0) is 73.7 Å². The molecular weight excluding hydrogens is 518 g/mol. The van der Waals surface area contributed by atoms with Crippen molar-refractivity contribution in [3.8, 4) is 0 Å². The summed E-state index contributed by atoms with van der Waals surface area (Å²) in [5, 5.41) is 0. The first-order valence-corrected chi connectivity index (χ1v) is 12.9. The highest BCUT2D eigenvalue weighted by molar-refractivity contribution is 7.92. The van der Waals surface area contributed by atoms with Crippen LogP contribution in [0.2, 0.25) is 0 Å². The van der Waals surface area contributed by atoms with E-state index in [1.54, 1.807) is 43.3 Å². The standard InChI is InChI=1S/C26H24F6N2O2S/c1-16-6-9-21(10-7-16)37(35,36)34-20(8-11-23(33)22-4-2-3-5-24(22)34)14-17-12-18(25(27,28)29)15-19(13-17)26(30,31)32/h2-7,9-10,12-13,15,20,23H,8,11,14,33H2,1H3. The van der Waals surface area contributed by atoms with Gasteiger partial charge in [0.25, 0.3) is 10.0 Å². The molecule has 11 heteroatoms. The van der Waals surface area contributed by atoms with Gasteiger partial charge in [0, 0.05) is 12.1 Å². The van der Waals surface area contributed by atoms with E-state index >= 15 is 0 Å². The molecule has 2 N–H and O–H groups in total. The van der Waals surface area contributed by atoms with Crippen LogP contribution in [0.1, 0.15) is 46.7 Å². The zero-order valence-corrected chi connectivity index (χ0v) is 20.5. The Labute approximate surface area is 210 Å². The molecule has 198 valence electrons. The van der Waals surface area contributed by atoms with Crippen molar-refractivity contribution in [3.05, 3.63) is 94.5 Å². The fraction of sp³-hybridized carbons (Fsp3) is 0.308. The van der Waals surface area contributed by atoms with Gasteiger partial charge in [0.05, 0.1) is 21.7 Å². The van der Waals surface area contributed by atoms with Crippen LogP contribution < -0.4 is 10.0 Å². The lowest BCUT2D eigenvalue weighted by molar-refractivity contribution is -0.143. The molecule has 37 heavy (non-hydrogen) atoms. The summed E-state index contributed by atoms with van der Waals surface area (Å²) in [5.41, 5.74) is 4.74. The number of hydrogen-bond donors (Lipinski definition) is 1. The molecule has 1 aliphatic heterocycles. The summed E-state index contributed by atoms with van der Waals surface area (Å²) in [6.07, 6.45) is -9.99. The van der Waals surface area contributed by atoms with Gasteiger partial charge in [-0.25, -0.2) is 8.42 Å². The largest absolute Gasteiger partial charge is 0.416 e. The Morgan fingerprint density at radius 1 is 0.865 bits per heavy atom. The number of rotatable bonds is 4. The summed E-state index contributed by atoms with van der Waals surface area (Å²) in [6, 6.07) is 12.4. The molecule has 0 bridgehead atoms. The van der Waals surface area contributed by atoms with Crippen molar-refractivity contribution >= 4 is 15.7 Å². The van der Waals surface area contributed by atoms with Gasteiger partial charge >= 0.3 is 12.4 Å². The summed E-state index contributed by atoms with van der Waals surface area (Å²) in [4.78, 5) is -0.0478. The van der Waals surface area contributed by atoms with E-state index in [9.17, 15) is 34.8 Å². The summed E-state index contributed by atoms with van der Waals surface area (Å²) in [6.45, 7) is 1.78. The molecule has 4 rings (SSSR count). The molecule has 0 amide bonds. The van der Waals surface area contributed by atoms with Crippen LogP contribution in [0.4, 0.5) is 32.0 Å². The minimum absolute atomic E-state index is 0.0478. The molecule has 1 heterocycles. The smallest absolute Gasteiger partial charge is 0.324 e. The maximum Gasteiger partial charge on any atom is 0.416 e. The number of halogens is 6. The Balaban J connectivity index is 1.87. The first kappa shape index (κ1) is 27.0. The van der Waals surface area contributed by atoms with Crippen molar-refractivity contribution in [2.24, 2.45) is 5.73 Å². The number of benzene rings is 3. The minimum Gasteiger partial charge on any atom is -0.324 e. The van der Waals surface area contributed by atoms with Crippen LogP contribution in [0.5, 0.6) is 0 Å². The summed E-state index contributed by atoms with van der Waals surface area (Å²) < 4.78 is 110. The number of para-hydroxylation sites is 1. The van der Waals surface area contributed by atoms with Crippen molar-refractivity contribution in [1.29, 1.82) is 0 Å². The Morgan fingerprint density at radius 2 is 1.43 bits per heavy atom. The molecule has 2 unspecified atom stereocenters. The van der Waals surface area contributed by atoms with Crippen molar-refractivity contribution in [3.63, 3.8) is 0 Å². The number of aryl methyl sites for hydroxylation is 1. The maximum absolute atomic E-state index is 13.9. The predicted molar refractivity (Wildman–Crippen MR) is 127 cm³/mol. The molecule has 0 aliphatic carbocycles. The van der Waals surface area contributed by atoms with Crippen LogP contribution in [0.25, 0.3) is 0 Å². The van der Waals surface area contributed by atoms with Gasteiger partial charge in [0.2, 0.25) is 0 Å². The second-order valence-corrected chi connectivity index (χ2v) is 10.9. The summed E-state index contributed by atoms with van der Waals surface area (Å²) >= 11 is 0. The molecule has 3 aromatic carbocycles. The highest BCUT2D eigenvalue weighted by atomic mass is 32.2. The van der Waals surface area contributed by atoms with Crippen molar-refractivity contribution < 1.29 is 34.8 Å². The summed E-state index contributed by atoms with van der Waals surface area (Å²) in [5.74, 6) is 0. The number of fused-ring (bicyclic) bond motifs is 1. The van der Waals surface area contributed by atoms with Crippen molar-refractivity contribution in [1.82, 2.24) is 0 Å². The number of nitrogens with two attached hydrogens (primary N) is 1. The Bertz CT molecular complexity index is 1350. The fourth-order valence-corrected chi connectivity index (χ4v) is 6.29. The number of hydrogen-bond acceptors (Lipinski definition) is 3. The van der Waals surface area contributed by atoms with Gasteiger partial charge in [-0.2, -0.15) is 26.3 Å². The van der Waals surface area contributed by atoms with Gasteiger partial charge in [-0.1, -0.05) is 35.9 Å². The lowest BCUT2D eigenvalue weighted by Gasteiger charge is -2.33.